The van der Waals surface area contributed by atoms with Crippen LogP contribution in [0.1, 0.15) is 23.6 Å². The number of rotatable bonds is 8. The van der Waals surface area contributed by atoms with Gasteiger partial charge in [0, 0.05) is 22.2 Å². The molecule has 3 rings (SSSR count). The number of nitro groups is 1. The molecule has 0 saturated heterocycles. The standard InChI is InChI=1S/C24H18BrFN2O4/c1-2-31-23-12-17(11-18(14-27)20-5-3-4-6-22(20)26)21(25)13-24(23)32-15-16-7-9-19(10-8-16)28(29)30/h3-13H,2,15H2,1H3/b18-11-. The molecular weight excluding hydrogens is 479 g/mol. The van der Waals surface area contributed by atoms with E-state index in [1.165, 1.54) is 18.2 Å². The third kappa shape index (κ3) is 5.50. The lowest BCUT2D eigenvalue weighted by Crippen LogP contribution is -2.01. The highest BCUT2D eigenvalue weighted by Crippen LogP contribution is 2.36. The van der Waals surface area contributed by atoms with Gasteiger partial charge in [-0.3, -0.25) is 10.1 Å². The average Bonchev–Trinajstić information content (AvgIpc) is 2.79. The number of benzene rings is 3. The maximum Gasteiger partial charge on any atom is 0.269 e. The number of ether oxygens (including phenoxy) is 2. The molecule has 0 radical (unpaired) electrons. The summed E-state index contributed by atoms with van der Waals surface area (Å²) in [7, 11) is 0. The SMILES string of the molecule is CCOc1cc(/C=C(/C#N)c2ccccc2F)c(Br)cc1OCc1ccc([N+](=O)[O-])cc1. The molecule has 0 aliphatic rings. The lowest BCUT2D eigenvalue weighted by atomic mass is 10.0. The second-order valence-electron chi connectivity index (χ2n) is 6.62. The van der Waals surface area contributed by atoms with Crippen LogP contribution in [-0.2, 0) is 6.61 Å². The number of allylic oxidation sites excluding steroid dienone is 1. The third-order valence-corrected chi connectivity index (χ3v) is 5.18. The molecule has 0 aliphatic heterocycles. The van der Waals surface area contributed by atoms with Crippen LogP contribution in [0.4, 0.5) is 10.1 Å². The quantitative estimate of drug-likeness (QED) is 0.153. The van der Waals surface area contributed by atoms with Crippen molar-refractivity contribution in [3.05, 3.63) is 97.8 Å². The van der Waals surface area contributed by atoms with E-state index in [-0.39, 0.29) is 23.4 Å². The molecule has 0 bridgehead atoms. The Morgan fingerprint density at radius 1 is 1.16 bits per heavy atom. The van der Waals surface area contributed by atoms with Crippen LogP contribution in [0.3, 0.4) is 0 Å². The van der Waals surface area contributed by atoms with Crippen LogP contribution >= 0.6 is 15.9 Å². The van der Waals surface area contributed by atoms with E-state index in [9.17, 15) is 19.8 Å². The normalized spacial score (nSPS) is 11.0. The van der Waals surface area contributed by atoms with Gasteiger partial charge in [0.25, 0.3) is 5.69 Å². The summed E-state index contributed by atoms with van der Waals surface area (Å²) in [5.41, 5.74) is 1.76. The Labute approximate surface area is 192 Å². The largest absolute Gasteiger partial charge is 0.490 e. The number of nitrogens with zero attached hydrogens (tertiary/aromatic N) is 2. The van der Waals surface area contributed by atoms with Gasteiger partial charge in [-0.1, -0.05) is 34.1 Å². The zero-order chi connectivity index (χ0) is 23.1. The Morgan fingerprint density at radius 2 is 1.84 bits per heavy atom. The number of nitriles is 1. The minimum absolute atomic E-state index is 0.00536. The number of hydrogen-bond acceptors (Lipinski definition) is 5. The number of nitro benzene ring substituents is 1. The molecular formula is C24H18BrFN2O4. The molecule has 0 N–H and O–H groups in total. The average molecular weight is 497 g/mol. The predicted octanol–water partition coefficient (Wildman–Crippen LogP) is 6.54. The first-order valence-corrected chi connectivity index (χ1v) is 10.4. The zero-order valence-electron chi connectivity index (χ0n) is 17.0. The van der Waals surface area contributed by atoms with Gasteiger partial charge in [-0.2, -0.15) is 5.26 Å². The van der Waals surface area contributed by atoms with E-state index in [4.69, 9.17) is 9.47 Å². The molecule has 0 aliphatic carbocycles. The fourth-order valence-corrected chi connectivity index (χ4v) is 3.36. The van der Waals surface area contributed by atoms with E-state index in [0.717, 1.165) is 5.56 Å². The van der Waals surface area contributed by atoms with Crippen LogP contribution in [0.15, 0.2) is 65.1 Å². The molecule has 162 valence electrons. The molecule has 3 aromatic carbocycles. The fraction of sp³-hybridized carbons (Fsp3) is 0.125. The van der Waals surface area contributed by atoms with Crippen molar-refractivity contribution in [3.8, 4) is 17.6 Å². The van der Waals surface area contributed by atoms with Crippen LogP contribution in [0.5, 0.6) is 11.5 Å². The van der Waals surface area contributed by atoms with Crippen molar-refractivity contribution in [2.75, 3.05) is 6.61 Å². The monoisotopic (exact) mass is 496 g/mol. The smallest absolute Gasteiger partial charge is 0.269 e. The van der Waals surface area contributed by atoms with Gasteiger partial charge in [0.2, 0.25) is 0 Å². The molecule has 0 unspecified atom stereocenters. The van der Waals surface area contributed by atoms with E-state index >= 15 is 0 Å². The summed E-state index contributed by atoms with van der Waals surface area (Å²) in [6.07, 6.45) is 1.57. The zero-order valence-corrected chi connectivity index (χ0v) is 18.6. The van der Waals surface area contributed by atoms with E-state index in [1.54, 1.807) is 48.5 Å². The van der Waals surface area contributed by atoms with Gasteiger partial charge in [-0.25, -0.2) is 4.39 Å². The summed E-state index contributed by atoms with van der Waals surface area (Å²) in [5.74, 6) is 0.429. The summed E-state index contributed by atoms with van der Waals surface area (Å²) in [5, 5.41) is 20.3. The Bertz CT molecular complexity index is 1200. The number of non-ortho nitro benzene ring substituents is 1. The van der Waals surface area contributed by atoms with Crippen LogP contribution < -0.4 is 9.47 Å². The van der Waals surface area contributed by atoms with E-state index in [1.807, 2.05) is 13.0 Å². The van der Waals surface area contributed by atoms with Crippen molar-refractivity contribution in [2.24, 2.45) is 0 Å². The molecule has 0 atom stereocenters. The van der Waals surface area contributed by atoms with Crippen molar-refractivity contribution in [2.45, 2.75) is 13.5 Å². The van der Waals surface area contributed by atoms with E-state index < -0.39 is 10.7 Å². The van der Waals surface area contributed by atoms with Gasteiger partial charge in [0.1, 0.15) is 12.4 Å². The summed E-state index contributed by atoms with van der Waals surface area (Å²) in [6, 6.07) is 17.6. The first kappa shape index (κ1) is 23.0. The molecule has 0 heterocycles. The van der Waals surface area contributed by atoms with Crippen molar-refractivity contribution >= 4 is 33.3 Å². The number of halogens is 2. The minimum Gasteiger partial charge on any atom is -0.490 e. The van der Waals surface area contributed by atoms with Crippen molar-refractivity contribution in [1.82, 2.24) is 0 Å². The molecule has 32 heavy (non-hydrogen) atoms. The van der Waals surface area contributed by atoms with Gasteiger partial charge in [-0.15, -0.1) is 0 Å². The Kier molecular flexibility index (Phi) is 7.58. The number of hydrogen-bond donors (Lipinski definition) is 0. The molecule has 0 spiro atoms. The minimum atomic E-state index is -0.482. The van der Waals surface area contributed by atoms with Crippen LogP contribution in [0.25, 0.3) is 11.6 Å². The molecule has 0 saturated carbocycles. The second kappa shape index (κ2) is 10.6. The molecule has 8 heteroatoms. The van der Waals surface area contributed by atoms with E-state index in [2.05, 4.69) is 15.9 Å². The van der Waals surface area contributed by atoms with Gasteiger partial charge >= 0.3 is 0 Å². The lowest BCUT2D eigenvalue weighted by molar-refractivity contribution is -0.384. The summed E-state index contributed by atoms with van der Waals surface area (Å²) >= 11 is 3.47. The third-order valence-electron chi connectivity index (χ3n) is 4.49. The van der Waals surface area contributed by atoms with Crippen LogP contribution in [0, 0.1) is 27.3 Å². The fourth-order valence-electron chi connectivity index (χ4n) is 2.92. The highest BCUT2D eigenvalue weighted by atomic mass is 79.9. The van der Waals surface area contributed by atoms with Crippen molar-refractivity contribution in [1.29, 1.82) is 5.26 Å². The maximum absolute atomic E-state index is 14.1. The Balaban J connectivity index is 1.89. The predicted molar refractivity (Wildman–Crippen MR) is 123 cm³/mol. The molecule has 0 aromatic heterocycles. The van der Waals surface area contributed by atoms with Crippen LogP contribution in [0.2, 0.25) is 0 Å². The van der Waals surface area contributed by atoms with Gasteiger partial charge in [-0.05, 0) is 54.5 Å². The summed E-state index contributed by atoms with van der Waals surface area (Å²) < 4.78 is 26.3. The highest BCUT2D eigenvalue weighted by Gasteiger charge is 2.13. The van der Waals surface area contributed by atoms with Gasteiger partial charge in [0.05, 0.1) is 23.2 Å². The summed E-state index contributed by atoms with van der Waals surface area (Å²) in [4.78, 5) is 10.3. The Hall–Kier alpha value is -3.70. The first-order chi connectivity index (χ1) is 15.4. The molecule has 0 amide bonds. The van der Waals surface area contributed by atoms with Crippen molar-refractivity contribution < 1.29 is 18.8 Å². The van der Waals surface area contributed by atoms with Gasteiger partial charge < -0.3 is 9.47 Å². The first-order valence-electron chi connectivity index (χ1n) is 9.62. The highest BCUT2D eigenvalue weighted by molar-refractivity contribution is 9.10. The lowest BCUT2D eigenvalue weighted by Gasteiger charge is -2.14. The van der Waals surface area contributed by atoms with Gasteiger partial charge in [0.15, 0.2) is 11.5 Å². The molecule has 3 aromatic rings. The molecule has 0 fully saturated rings. The Morgan fingerprint density at radius 3 is 2.47 bits per heavy atom. The van der Waals surface area contributed by atoms with E-state index in [0.29, 0.717) is 28.1 Å². The second-order valence-corrected chi connectivity index (χ2v) is 7.47. The van der Waals surface area contributed by atoms with Crippen molar-refractivity contribution in [3.63, 3.8) is 0 Å². The topological polar surface area (TPSA) is 85.4 Å². The van der Waals surface area contributed by atoms with Crippen LogP contribution in [-0.4, -0.2) is 11.5 Å². The maximum atomic E-state index is 14.1. The molecule has 6 nitrogen and oxygen atoms in total. The summed E-state index contributed by atoms with van der Waals surface area (Å²) in [6.45, 7) is 2.40.